The zero-order valence-corrected chi connectivity index (χ0v) is 15.1. The molecule has 136 valence electrons. The smallest absolute Gasteiger partial charge is 0.284 e. The summed E-state index contributed by atoms with van der Waals surface area (Å²) in [7, 11) is 3.43. The first kappa shape index (κ1) is 19.5. The lowest BCUT2D eigenvalue weighted by atomic mass is 10.0. The number of benzene rings is 1. The molecule has 1 N–H and O–H groups in total. The molecule has 0 aliphatic rings. The summed E-state index contributed by atoms with van der Waals surface area (Å²) in [5.74, 6) is -1.19. The molecule has 25 heavy (non-hydrogen) atoms. The first-order valence-corrected chi connectivity index (χ1v) is 8.96. The van der Waals surface area contributed by atoms with Crippen molar-refractivity contribution in [2.45, 2.75) is 30.5 Å². The van der Waals surface area contributed by atoms with E-state index in [1.165, 1.54) is 0 Å². The van der Waals surface area contributed by atoms with Crippen molar-refractivity contribution in [1.29, 1.82) is 0 Å². The van der Waals surface area contributed by atoms with Crippen molar-refractivity contribution in [1.82, 2.24) is 10.2 Å². The Hall–Kier alpha value is -1.86. The predicted octanol–water partition coefficient (Wildman–Crippen LogP) is 3.52. The molecular weight excluding hydrogens is 346 g/mol. The fourth-order valence-corrected chi connectivity index (χ4v) is 2.82. The van der Waals surface area contributed by atoms with Crippen LogP contribution in [0.15, 0.2) is 46.9 Å². The van der Waals surface area contributed by atoms with Crippen molar-refractivity contribution < 1.29 is 18.0 Å². The van der Waals surface area contributed by atoms with E-state index >= 15 is 0 Å². The van der Waals surface area contributed by atoms with Gasteiger partial charge in [-0.1, -0.05) is 42.1 Å². The third kappa shape index (κ3) is 6.51. The van der Waals surface area contributed by atoms with Crippen LogP contribution in [0.1, 0.15) is 17.1 Å². The molecule has 1 unspecified atom stereocenters. The fraction of sp³-hybridized carbons (Fsp3) is 0.389. The molecule has 0 fully saturated rings. The fourth-order valence-electron chi connectivity index (χ4n) is 2.37. The summed E-state index contributed by atoms with van der Waals surface area (Å²) in [6.45, 7) is 0.358. The van der Waals surface area contributed by atoms with E-state index in [9.17, 15) is 13.6 Å². The van der Waals surface area contributed by atoms with Gasteiger partial charge in [0.05, 0.1) is 18.3 Å². The van der Waals surface area contributed by atoms with Gasteiger partial charge in [0, 0.05) is 14.1 Å². The molecule has 0 spiro atoms. The molecule has 0 saturated heterocycles. The Labute approximate surface area is 150 Å². The lowest BCUT2D eigenvalue weighted by molar-refractivity contribution is -0.130. The summed E-state index contributed by atoms with van der Waals surface area (Å²) in [6, 6.07) is 12.8. The molecule has 0 bridgehead atoms. The summed E-state index contributed by atoms with van der Waals surface area (Å²) in [5, 5.41) is 3.20. The van der Waals surface area contributed by atoms with Gasteiger partial charge < -0.3 is 9.32 Å². The number of carbonyl (C=O) groups is 1. The maximum Gasteiger partial charge on any atom is 0.284 e. The Morgan fingerprint density at radius 1 is 1.16 bits per heavy atom. The second-order valence-electron chi connectivity index (χ2n) is 5.80. The van der Waals surface area contributed by atoms with Gasteiger partial charge in [-0.3, -0.25) is 10.1 Å². The van der Waals surface area contributed by atoms with Crippen LogP contribution in [-0.2, 0) is 23.5 Å². The summed E-state index contributed by atoms with van der Waals surface area (Å²) in [5.41, 5.74) is 1.06. The third-order valence-electron chi connectivity index (χ3n) is 3.61. The Morgan fingerprint density at radius 3 is 2.48 bits per heavy atom. The highest BCUT2D eigenvalue weighted by Gasteiger charge is 2.20. The minimum Gasteiger partial charge on any atom is -0.464 e. The number of nitrogens with zero attached hydrogens (tertiary/aromatic N) is 1. The molecule has 4 nitrogen and oxygen atoms in total. The van der Waals surface area contributed by atoms with Gasteiger partial charge in [0.25, 0.3) is 5.76 Å². The second kappa shape index (κ2) is 9.58. The van der Waals surface area contributed by atoms with Crippen molar-refractivity contribution in [2.75, 3.05) is 14.1 Å². The number of alkyl halides is 2. The second-order valence-corrected chi connectivity index (χ2v) is 6.77. The van der Waals surface area contributed by atoms with Crippen LogP contribution in [0.25, 0.3) is 0 Å². The topological polar surface area (TPSA) is 45.5 Å². The van der Waals surface area contributed by atoms with Gasteiger partial charge >= 0.3 is 0 Å². The Bertz CT molecular complexity index is 662. The van der Waals surface area contributed by atoms with Crippen LogP contribution in [0.4, 0.5) is 8.78 Å². The van der Waals surface area contributed by atoms with Crippen LogP contribution in [0.3, 0.4) is 0 Å². The van der Waals surface area contributed by atoms with Gasteiger partial charge in [-0.15, -0.1) is 0 Å². The summed E-state index contributed by atoms with van der Waals surface area (Å²) < 4.78 is 30.0. The van der Waals surface area contributed by atoms with Crippen molar-refractivity contribution in [3.8, 4) is 0 Å². The van der Waals surface area contributed by atoms with Crippen LogP contribution in [0.2, 0.25) is 0 Å². The van der Waals surface area contributed by atoms with Crippen LogP contribution in [-0.4, -0.2) is 36.7 Å². The van der Waals surface area contributed by atoms with Crippen molar-refractivity contribution in [2.24, 2.45) is 0 Å². The number of hydrogen-bond donors (Lipinski definition) is 1. The van der Waals surface area contributed by atoms with Crippen LogP contribution < -0.4 is 5.32 Å². The van der Waals surface area contributed by atoms with Gasteiger partial charge in [-0.05, 0) is 24.1 Å². The molecule has 0 aliphatic heterocycles. The lowest BCUT2D eigenvalue weighted by Gasteiger charge is -2.21. The van der Waals surface area contributed by atoms with Gasteiger partial charge in [0.15, 0.2) is 0 Å². The number of amides is 1. The SMILES string of the molecule is CN(C)C(=O)C(Cc1ccccc1)NCc1ccc(CSC(F)F)o1. The van der Waals surface area contributed by atoms with Crippen LogP contribution in [0.5, 0.6) is 0 Å². The third-order valence-corrected chi connectivity index (χ3v) is 4.32. The Balaban J connectivity index is 1.96. The maximum absolute atomic E-state index is 12.4. The number of carbonyl (C=O) groups excluding carboxylic acids is 1. The summed E-state index contributed by atoms with van der Waals surface area (Å²) >= 11 is 0.524. The maximum atomic E-state index is 12.4. The molecule has 2 rings (SSSR count). The molecule has 1 aromatic heterocycles. The van der Waals surface area contributed by atoms with Crippen LogP contribution >= 0.6 is 11.8 Å². The largest absolute Gasteiger partial charge is 0.464 e. The monoisotopic (exact) mass is 368 g/mol. The highest BCUT2D eigenvalue weighted by molar-refractivity contribution is 7.98. The van der Waals surface area contributed by atoms with E-state index < -0.39 is 5.76 Å². The molecule has 7 heteroatoms. The standard InChI is InChI=1S/C18H22F2N2O2S/c1-22(2)17(23)16(10-13-6-4-3-5-7-13)21-11-14-8-9-15(24-14)12-25-18(19)20/h3-9,16,18,21H,10-12H2,1-2H3. The number of nitrogens with one attached hydrogen (secondary N) is 1. The molecule has 1 atom stereocenters. The minimum atomic E-state index is -2.42. The highest BCUT2D eigenvalue weighted by Crippen LogP contribution is 2.21. The quantitative estimate of drug-likeness (QED) is 0.736. The number of halogens is 2. The number of hydrogen-bond acceptors (Lipinski definition) is 4. The molecule has 1 aromatic carbocycles. The first-order valence-electron chi connectivity index (χ1n) is 7.91. The van der Waals surface area contributed by atoms with E-state index in [2.05, 4.69) is 5.32 Å². The molecule has 0 saturated carbocycles. The normalized spacial score (nSPS) is 12.4. The highest BCUT2D eigenvalue weighted by atomic mass is 32.2. The average molecular weight is 368 g/mol. The average Bonchev–Trinajstić information content (AvgIpc) is 3.05. The molecule has 1 heterocycles. The van der Waals surface area contributed by atoms with Crippen molar-refractivity contribution >= 4 is 17.7 Å². The molecular formula is C18H22F2N2O2S. The number of likely N-dealkylation sites (N-methyl/N-ethyl adjacent to an activating group) is 1. The zero-order valence-electron chi connectivity index (χ0n) is 14.2. The van der Waals surface area contributed by atoms with Crippen molar-refractivity contribution in [3.05, 3.63) is 59.5 Å². The van der Waals surface area contributed by atoms with Gasteiger partial charge in [0.1, 0.15) is 11.5 Å². The zero-order chi connectivity index (χ0) is 18.2. The molecule has 0 radical (unpaired) electrons. The molecule has 2 aromatic rings. The number of thioether (sulfide) groups is 1. The Kier molecular flexibility index (Phi) is 7.46. The van der Waals surface area contributed by atoms with Gasteiger partial charge in [-0.25, -0.2) is 0 Å². The van der Waals surface area contributed by atoms with Crippen molar-refractivity contribution in [3.63, 3.8) is 0 Å². The Morgan fingerprint density at radius 2 is 1.84 bits per heavy atom. The van der Waals surface area contributed by atoms with E-state index in [4.69, 9.17) is 4.42 Å². The summed E-state index contributed by atoms with van der Waals surface area (Å²) in [4.78, 5) is 13.9. The van der Waals surface area contributed by atoms with Gasteiger partial charge in [-0.2, -0.15) is 8.78 Å². The van der Waals surface area contributed by atoms with E-state index in [-0.39, 0.29) is 17.7 Å². The minimum absolute atomic E-state index is 0.0242. The predicted molar refractivity (Wildman–Crippen MR) is 95.5 cm³/mol. The van der Waals surface area contributed by atoms with E-state index in [1.807, 2.05) is 30.3 Å². The molecule has 0 aliphatic carbocycles. The molecule has 1 amide bonds. The summed E-state index contributed by atoms with van der Waals surface area (Å²) in [6.07, 6.45) is 0.562. The van der Waals surface area contributed by atoms with Gasteiger partial charge in [0.2, 0.25) is 5.91 Å². The lowest BCUT2D eigenvalue weighted by Crippen LogP contribution is -2.44. The van der Waals surface area contributed by atoms with E-state index in [0.717, 1.165) is 5.56 Å². The first-order chi connectivity index (χ1) is 12.0. The number of rotatable bonds is 9. The van der Waals surface area contributed by atoms with E-state index in [1.54, 1.807) is 31.1 Å². The van der Waals surface area contributed by atoms with E-state index in [0.29, 0.717) is 36.2 Å². The van der Waals surface area contributed by atoms with Crippen LogP contribution in [0, 0.1) is 0 Å². The number of furan rings is 1.